The SMILES string of the molecule is CSc1nccc(-c2ccc(S(=O)(=O)Nc3ncc(CC(=O)O)s3)s2)n1. The van der Waals surface area contributed by atoms with Gasteiger partial charge in [-0.05, 0) is 24.5 Å². The summed E-state index contributed by atoms with van der Waals surface area (Å²) in [7, 11) is -3.81. The van der Waals surface area contributed by atoms with Crippen LogP contribution in [0.2, 0.25) is 0 Å². The summed E-state index contributed by atoms with van der Waals surface area (Å²) < 4.78 is 27.5. The molecule has 136 valence electrons. The number of sulfonamides is 1. The summed E-state index contributed by atoms with van der Waals surface area (Å²) in [6.07, 6.45) is 4.63. The van der Waals surface area contributed by atoms with Gasteiger partial charge < -0.3 is 5.11 Å². The van der Waals surface area contributed by atoms with E-state index in [1.807, 2.05) is 6.26 Å². The van der Waals surface area contributed by atoms with Crippen molar-refractivity contribution in [2.24, 2.45) is 0 Å². The zero-order valence-electron chi connectivity index (χ0n) is 13.2. The highest BCUT2D eigenvalue weighted by Gasteiger charge is 2.20. The molecule has 12 heteroatoms. The average Bonchev–Trinajstić information content (AvgIpc) is 3.24. The molecule has 0 aliphatic carbocycles. The third-order valence-corrected chi connectivity index (χ3v) is 7.56. The van der Waals surface area contributed by atoms with E-state index in [2.05, 4.69) is 19.7 Å². The molecule has 26 heavy (non-hydrogen) atoms. The van der Waals surface area contributed by atoms with Gasteiger partial charge in [-0.3, -0.25) is 9.52 Å². The Morgan fingerprint density at radius 1 is 1.27 bits per heavy atom. The van der Waals surface area contributed by atoms with E-state index in [4.69, 9.17) is 5.11 Å². The van der Waals surface area contributed by atoms with Crippen LogP contribution in [0.5, 0.6) is 0 Å². The number of aromatic nitrogens is 3. The Hall–Kier alpha value is -2.02. The molecule has 2 N–H and O–H groups in total. The molecule has 0 unspecified atom stereocenters. The lowest BCUT2D eigenvalue weighted by molar-refractivity contribution is -0.136. The Labute approximate surface area is 161 Å². The van der Waals surface area contributed by atoms with Crippen molar-refractivity contribution in [3.63, 3.8) is 0 Å². The number of nitrogens with zero attached hydrogens (tertiary/aromatic N) is 3. The quantitative estimate of drug-likeness (QED) is 0.435. The minimum Gasteiger partial charge on any atom is -0.481 e. The lowest BCUT2D eigenvalue weighted by Crippen LogP contribution is -2.10. The van der Waals surface area contributed by atoms with Crippen molar-refractivity contribution in [1.29, 1.82) is 0 Å². The number of carboxylic acids is 1. The first-order chi connectivity index (χ1) is 12.4. The second kappa shape index (κ2) is 7.70. The highest BCUT2D eigenvalue weighted by molar-refractivity contribution is 7.98. The number of aliphatic carboxylic acids is 1. The van der Waals surface area contributed by atoms with E-state index in [9.17, 15) is 13.2 Å². The molecule has 0 fully saturated rings. The number of thiophene rings is 1. The Kier molecular flexibility index (Phi) is 5.55. The Balaban J connectivity index is 1.81. The molecule has 0 aliphatic heterocycles. The number of rotatable bonds is 7. The smallest absolute Gasteiger partial charge is 0.308 e. The van der Waals surface area contributed by atoms with Crippen LogP contribution in [0.1, 0.15) is 4.88 Å². The van der Waals surface area contributed by atoms with E-state index in [0.717, 1.165) is 22.7 Å². The first kappa shape index (κ1) is 18.8. The molecule has 3 aromatic heterocycles. The summed E-state index contributed by atoms with van der Waals surface area (Å²) in [5, 5.41) is 9.50. The number of hydrogen-bond donors (Lipinski definition) is 2. The molecule has 3 aromatic rings. The standard InChI is InChI=1S/C14H12N4O4S4/c1-23-13-15-5-4-9(17-13)10-2-3-12(25-10)26(21,22)18-14-16-7-8(24-14)6-11(19)20/h2-5,7H,6H2,1H3,(H,16,18)(H,19,20). The predicted molar refractivity (Wildman–Crippen MR) is 101 cm³/mol. The fourth-order valence-corrected chi connectivity index (χ4v) is 5.61. The van der Waals surface area contributed by atoms with Crippen molar-refractivity contribution in [1.82, 2.24) is 15.0 Å². The molecule has 0 radical (unpaired) electrons. The lowest BCUT2D eigenvalue weighted by Gasteiger charge is -2.02. The third kappa shape index (κ3) is 4.38. The maximum Gasteiger partial charge on any atom is 0.308 e. The zero-order chi connectivity index (χ0) is 18.7. The minimum atomic E-state index is -3.81. The van der Waals surface area contributed by atoms with E-state index < -0.39 is 16.0 Å². The van der Waals surface area contributed by atoms with Gasteiger partial charge in [0.05, 0.1) is 17.0 Å². The van der Waals surface area contributed by atoms with Crippen LogP contribution in [0, 0.1) is 0 Å². The molecule has 0 saturated heterocycles. The summed E-state index contributed by atoms with van der Waals surface area (Å²) in [5.74, 6) is -1.000. The van der Waals surface area contributed by atoms with Gasteiger partial charge in [-0.25, -0.2) is 23.4 Å². The van der Waals surface area contributed by atoms with Crippen LogP contribution in [-0.2, 0) is 21.2 Å². The van der Waals surface area contributed by atoms with Crippen LogP contribution in [-0.4, -0.2) is 40.7 Å². The summed E-state index contributed by atoms with van der Waals surface area (Å²) in [6, 6.07) is 4.90. The molecular weight excluding hydrogens is 416 g/mol. The van der Waals surface area contributed by atoms with Gasteiger partial charge in [0.1, 0.15) is 4.21 Å². The molecule has 0 saturated carbocycles. The first-order valence-corrected chi connectivity index (χ1v) is 11.4. The molecular formula is C14H12N4O4S4. The summed E-state index contributed by atoms with van der Waals surface area (Å²) in [6.45, 7) is 0. The van der Waals surface area contributed by atoms with E-state index >= 15 is 0 Å². The minimum absolute atomic E-state index is 0.117. The molecule has 3 heterocycles. The molecule has 3 rings (SSSR count). The number of nitrogens with one attached hydrogen (secondary N) is 1. The number of anilines is 1. The average molecular weight is 429 g/mol. The van der Waals surface area contributed by atoms with Crippen molar-refractivity contribution in [2.75, 3.05) is 11.0 Å². The Morgan fingerprint density at radius 3 is 2.81 bits per heavy atom. The number of thioether (sulfide) groups is 1. The van der Waals surface area contributed by atoms with Gasteiger partial charge in [0.15, 0.2) is 10.3 Å². The molecule has 0 aliphatic rings. The monoisotopic (exact) mass is 428 g/mol. The third-order valence-electron chi connectivity index (χ3n) is 3.02. The van der Waals surface area contributed by atoms with Crippen molar-refractivity contribution in [2.45, 2.75) is 15.8 Å². The van der Waals surface area contributed by atoms with Crippen molar-refractivity contribution < 1.29 is 18.3 Å². The van der Waals surface area contributed by atoms with Crippen LogP contribution in [0.4, 0.5) is 5.13 Å². The maximum atomic E-state index is 12.5. The van der Waals surface area contributed by atoms with E-state index in [1.165, 1.54) is 24.0 Å². The van der Waals surface area contributed by atoms with Gasteiger partial charge in [0.2, 0.25) is 0 Å². The van der Waals surface area contributed by atoms with Crippen LogP contribution in [0.15, 0.2) is 40.0 Å². The van der Waals surface area contributed by atoms with Crippen LogP contribution in [0.25, 0.3) is 10.6 Å². The molecule has 0 spiro atoms. The van der Waals surface area contributed by atoms with Gasteiger partial charge in [-0.2, -0.15) is 0 Å². The summed E-state index contributed by atoms with van der Waals surface area (Å²) in [4.78, 5) is 24.2. The summed E-state index contributed by atoms with van der Waals surface area (Å²) >= 11 is 3.47. The van der Waals surface area contributed by atoms with E-state index in [-0.39, 0.29) is 15.8 Å². The molecule has 0 atom stereocenters. The van der Waals surface area contributed by atoms with Gasteiger partial charge in [0, 0.05) is 17.3 Å². The highest BCUT2D eigenvalue weighted by Crippen LogP contribution is 2.31. The normalized spacial score (nSPS) is 11.4. The van der Waals surface area contributed by atoms with Crippen molar-refractivity contribution >= 4 is 55.6 Å². The van der Waals surface area contributed by atoms with Crippen LogP contribution in [0.3, 0.4) is 0 Å². The van der Waals surface area contributed by atoms with Crippen LogP contribution < -0.4 is 4.72 Å². The maximum absolute atomic E-state index is 12.5. The molecule has 0 amide bonds. The van der Waals surface area contributed by atoms with Gasteiger partial charge >= 0.3 is 5.97 Å². The number of carbonyl (C=O) groups is 1. The first-order valence-electron chi connectivity index (χ1n) is 7.04. The lowest BCUT2D eigenvalue weighted by atomic mass is 10.3. The predicted octanol–water partition coefficient (Wildman–Crippen LogP) is 2.81. The zero-order valence-corrected chi connectivity index (χ0v) is 16.5. The van der Waals surface area contributed by atoms with Crippen LogP contribution >= 0.6 is 34.4 Å². The summed E-state index contributed by atoms with van der Waals surface area (Å²) in [5.41, 5.74) is 0.647. The second-order valence-corrected chi connectivity index (χ2v) is 9.74. The number of carboxylic acid groups (broad SMARTS) is 1. The largest absolute Gasteiger partial charge is 0.481 e. The number of hydrogen-bond acceptors (Lipinski definition) is 9. The van der Waals surface area contributed by atoms with E-state index in [1.54, 1.807) is 18.3 Å². The molecule has 8 nitrogen and oxygen atoms in total. The van der Waals surface area contributed by atoms with E-state index in [0.29, 0.717) is 20.6 Å². The molecule has 0 aromatic carbocycles. The number of thiazole rings is 1. The Bertz CT molecular complexity index is 1040. The van der Waals surface area contributed by atoms with Gasteiger partial charge in [0.25, 0.3) is 10.0 Å². The van der Waals surface area contributed by atoms with Gasteiger partial charge in [-0.1, -0.05) is 11.8 Å². The molecule has 0 bridgehead atoms. The van der Waals surface area contributed by atoms with Crippen molar-refractivity contribution in [3.8, 4) is 10.6 Å². The van der Waals surface area contributed by atoms with Crippen molar-refractivity contribution in [3.05, 3.63) is 35.5 Å². The fraction of sp³-hybridized carbons (Fsp3) is 0.143. The topological polar surface area (TPSA) is 122 Å². The Morgan fingerprint density at radius 2 is 2.08 bits per heavy atom. The van der Waals surface area contributed by atoms with Gasteiger partial charge in [-0.15, -0.1) is 22.7 Å². The fourth-order valence-electron chi connectivity index (χ4n) is 1.93. The second-order valence-electron chi connectivity index (χ2n) is 4.86. The highest BCUT2D eigenvalue weighted by atomic mass is 32.2.